The maximum atomic E-state index is 12.4. The van der Waals surface area contributed by atoms with E-state index in [9.17, 15) is 4.79 Å². The minimum absolute atomic E-state index is 0.00606. The maximum absolute atomic E-state index is 12.4. The second-order valence-corrected chi connectivity index (χ2v) is 5.77. The van der Waals surface area contributed by atoms with Gasteiger partial charge < -0.3 is 4.90 Å². The van der Waals surface area contributed by atoms with Crippen LogP contribution in [0.25, 0.3) is 5.65 Å². The molecule has 0 aliphatic carbocycles. The van der Waals surface area contributed by atoms with Gasteiger partial charge in [-0.25, -0.2) is 4.98 Å². The van der Waals surface area contributed by atoms with Gasteiger partial charge in [0.25, 0.3) is 5.91 Å². The average Bonchev–Trinajstić information content (AvgIpc) is 2.67. The monoisotopic (exact) mass is 323 g/mol. The van der Waals surface area contributed by atoms with Gasteiger partial charge in [-0.05, 0) is 40.9 Å². The fourth-order valence-electron chi connectivity index (χ4n) is 2.13. The topological polar surface area (TPSA) is 37.6 Å². The predicted molar refractivity (Wildman–Crippen MR) is 79.6 cm³/mol. The van der Waals surface area contributed by atoms with Gasteiger partial charge in [-0.1, -0.05) is 13.3 Å². The Morgan fingerprint density at radius 2 is 2.16 bits per heavy atom. The summed E-state index contributed by atoms with van der Waals surface area (Å²) in [5.41, 5.74) is 3.44. The summed E-state index contributed by atoms with van der Waals surface area (Å²) in [5, 5.41) is 0. The fraction of sp³-hybridized carbons (Fsp3) is 0.429. The second kappa shape index (κ2) is 5.33. The molecule has 0 aliphatic heterocycles. The van der Waals surface area contributed by atoms with Gasteiger partial charge in [0, 0.05) is 20.3 Å². The molecule has 0 bridgehead atoms. The third-order valence-corrected chi connectivity index (χ3v) is 3.56. The van der Waals surface area contributed by atoms with E-state index in [1.807, 2.05) is 23.6 Å². The van der Waals surface area contributed by atoms with Crippen molar-refractivity contribution in [2.45, 2.75) is 26.7 Å². The summed E-state index contributed by atoms with van der Waals surface area (Å²) in [6.45, 7) is 4.10. The van der Waals surface area contributed by atoms with Crippen LogP contribution >= 0.6 is 15.9 Å². The molecule has 2 heterocycles. The predicted octanol–water partition coefficient (Wildman–Crippen LogP) is 3.06. The summed E-state index contributed by atoms with van der Waals surface area (Å²) in [4.78, 5) is 18.6. The molecule has 4 nitrogen and oxygen atoms in total. The zero-order valence-corrected chi connectivity index (χ0v) is 13.3. The number of pyridine rings is 1. The van der Waals surface area contributed by atoms with Gasteiger partial charge in [0.15, 0.2) is 5.65 Å². The Balaban J connectivity index is 2.76. The number of aromatic nitrogens is 2. The van der Waals surface area contributed by atoms with Gasteiger partial charge in [-0.15, -0.1) is 0 Å². The lowest BCUT2D eigenvalue weighted by Crippen LogP contribution is -2.24. The average molecular weight is 324 g/mol. The summed E-state index contributed by atoms with van der Waals surface area (Å²) in [6, 6.07) is 2.02. The molecule has 0 saturated heterocycles. The molecule has 19 heavy (non-hydrogen) atoms. The molecular weight excluding hydrogens is 306 g/mol. The van der Waals surface area contributed by atoms with Crippen molar-refractivity contribution in [2.24, 2.45) is 0 Å². The summed E-state index contributed by atoms with van der Waals surface area (Å²) < 4.78 is 2.81. The number of amides is 1. The number of halogens is 1. The zero-order chi connectivity index (χ0) is 14.2. The molecule has 0 spiro atoms. The molecule has 0 radical (unpaired) electrons. The standard InChI is InChI=1S/C14H18BrN3O/c1-5-6-11-12(14(19)17(3)4)18-8-9(2)7-10(15)13(18)16-11/h7-8H,5-6H2,1-4H3. The molecule has 0 aliphatic rings. The van der Waals surface area contributed by atoms with E-state index >= 15 is 0 Å². The molecule has 102 valence electrons. The van der Waals surface area contributed by atoms with Crippen LogP contribution in [0.2, 0.25) is 0 Å². The first kappa shape index (κ1) is 14.1. The largest absolute Gasteiger partial charge is 0.343 e. The molecule has 1 amide bonds. The number of aryl methyl sites for hydroxylation is 2. The molecule has 0 fully saturated rings. The number of hydrogen-bond donors (Lipinski definition) is 0. The van der Waals surface area contributed by atoms with Crippen LogP contribution < -0.4 is 0 Å². The lowest BCUT2D eigenvalue weighted by atomic mass is 10.2. The highest BCUT2D eigenvalue weighted by molar-refractivity contribution is 9.10. The number of hydrogen-bond acceptors (Lipinski definition) is 2. The van der Waals surface area contributed by atoms with Crippen molar-refractivity contribution >= 4 is 27.5 Å². The van der Waals surface area contributed by atoms with Gasteiger partial charge in [-0.3, -0.25) is 9.20 Å². The molecule has 0 N–H and O–H groups in total. The van der Waals surface area contributed by atoms with E-state index in [1.54, 1.807) is 19.0 Å². The Bertz CT molecular complexity index is 631. The smallest absolute Gasteiger partial charge is 0.272 e. The lowest BCUT2D eigenvalue weighted by Gasteiger charge is -2.11. The van der Waals surface area contributed by atoms with Crippen molar-refractivity contribution in [2.75, 3.05) is 14.1 Å². The molecular formula is C14H18BrN3O. The van der Waals surface area contributed by atoms with E-state index in [-0.39, 0.29) is 5.91 Å². The van der Waals surface area contributed by atoms with Crippen LogP contribution in [0.1, 0.15) is 35.1 Å². The van der Waals surface area contributed by atoms with Crippen LogP contribution in [0.15, 0.2) is 16.7 Å². The summed E-state index contributed by atoms with van der Waals surface area (Å²) in [7, 11) is 3.53. The number of imidazole rings is 1. The van der Waals surface area contributed by atoms with Gasteiger partial charge in [-0.2, -0.15) is 0 Å². The molecule has 0 atom stereocenters. The van der Waals surface area contributed by atoms with Crippen molar-refractivity contribution in [3.05, 3.63) is 33.7 Å². The van der Waals surface area contributed by atoms with Crippen LogP contribution in [0.5, 0.6) is 0 Å². The SMILES string of the molecule is CCCc1nc2c(Br)cc(C)cn2c1C(=O)N(C)C. The van der Waals surface area contributed by atoms with Crippen molar-refractivity contribution in [3.63, 3.8) is 0 Å². The molecule has 5 heteroatoms. The van der Waals surface area contributed by atoms with Crippen LogP contribution in [0.4, 0.5) is 0 Å². The van der Waals surface area contributed by atoms with Gasteiger partial charge in [0.1, 0.15) is 5.69 Å². The fourth-order valence-corrected chi connectivity index (χ4v) is 2.77. The van der Waals surface area contributed by atoms with E-state index in [0.29, 0.717) is 5.69 Å². The Morgan fingerprint density at radius 3 is 2.74 bits per heavy atom. The Hall–Kier alpha value is -1.36. The number of rotatable bonds is 3. The van der Waals surface area contributed by atoms with Crippen molar-refractivity contribution in [1.82, 2.24) is 14.3 Å². The van der Waals surface area contributed by atoms with E-state index in [2.05, 4.69) is 27.8 Å². The maximum Gasteiger partial charge on any atom is 0.272 e. The highest BCUT2D eigenvalue weighted by Gasteiger charge is 2.21. The minimum atomic E-state index is -0.00606. The summed E-state index contributed by atoms with van der Waals surface area (Å²) in [5.74, 6) is -0.00606. The van der Waals surface area contributed by atoms with E-state index in [4.69, 9.17) is 0 Å². The highest BCUT2D eigenvalue weighted by Crippen LogP contribution is 2.24. The van der Waals surface area contributed by atoms with Crippen molar-refractivity contribution in [1.29, 1.82) is 0 Å². The summed E-state index contributed by atoms with van der Waals surface area (Å²) >= 11 is 3.52. The first-order valence-electron chi connectivity index (χ1n) is 6.34. The second-order valence-electron chi connectivity index (χ2n) is 4.92. The molecule has 0 aromatic carbocycles. The molecule has 2 aromatic rings. The van der Waals surface area contributed by atoms with Gasteiger partial charge in [0.05, 0.1) is 10.2 Å². The molecule has 0 saturated carbocycles. The number of carbonyl (C=O) groups is 1. The molecule has 2 rings (SSSR count). The Kier molecular flexibility index (Phi) is 3.94. The van der Waals surface area contributed by atoms with Gasteiger partial charge in [0.2, 0.25) is 0 Å². The van der Waals surface area contributed by atoms with Crippen molar-refractivity contribution in [3.8, 4) is 0 Å². The normalized spacial score (nSPS) is 11.0. The number of fused-ring (bicyclic) bond motifs is 1. The molecule has 0 unspecified atom stereocenters. The van der Waals surface area contributed by atoms with E-state index < -0.39 is 0 Å². The number of carbonyl (C=O) groups excluding carboxylic acids is 1. The van der Waals surface area contributed by atoms with Crippen molar-refractivity contribution < 1.29 is 4.79 Å². The van der Waals surface area contributed by atoms with Crippen LogP contribution in [-0.4, -0.2) is 34.3 Å². The van der Waals surface area contributed by atoms with E-state index in [0.717, 1.165) is 34.2 Å². The minimum Gasteiger partial charge on any atom is -0.343 e. The molecule has 2 aromatic heterocycles. The number of nitrogens with zero attached hydrogens (tertiary/aromatic N) is 3. The quantitative estimate of drug-likeness (QED) is 0.870. The first-order valence-corrected chi connectivity index (χ1v) is 7.13. The Labute approximate surface area is 121 Å². The third kappa shape index (κ3) is 2.52. The summed E-state index contributed by atoms with van der Waals surface area (Å²) in [6.07, 6.45) is 3.74. The Morgan fingerprint density at radius 1 is 1.47 bits per heavy atom. The third-order valence-electron chi connectivity index (χ3n) is 2.98. The first-order chi connectivity index (χ1) is 8.95. The van der Waals surface area contributed by atoms with E-state index in [1.165, 1.54) is 0 Å². The van der Waals surface area contributed by atoms with Crippen LogP contribution in [0, 0.1) is 6.92 Å². The van der Waals surface area contributed by atoms with Crippen LogP contribution in [0.3, 0.4) is 0 Å². The van der Waals surface area contributed by atoms with Gasteiger partial charge >= 0.3 is 0 Å². The van der Waals surface area contributed by atoms with Crippen LogP contribution in [-0.2, 0) is 6.42 Å². The lowest BCUT2D eigenvalue weighted by molar-refractivity contribution is 0.0819. The highest BCUT2D eigenvalue weighted by atomic mass is 79.9. The zero-order valence-electron chi connectivity index (χ0n) is 11.7.